The van der Waals surface area contributed by atoms with Gasteiger partial charge in [0.15, 0.2) is 0 Å². The lowest BCUT2D eigenvalue weighted by Gasteiger charge is -2.45. The smallest absolute Gasteiger partial charge is 0.115 e. The summed E-state index contributed by atoms with van der Waals surface area (Å²) in [5, 5.41) is 9.81. The number of ether oxygens (including phenoxy) is 1. The van der Waals surface area contributed by atoms with Gasteiger partial charge in [-0.1, -0.05) is 45.2 Å². The lowest BCUT2D eigenvalue weighted by molar-refractivity contribution is 0.00525. The molecule has 2 aliphatic rings. The molecule has 0 spiro atoms. The molecule has 0 unspecified atom stereocenters. The first-order valence-electron chi connectivity index (χ1n) is 9.71. The van der Waals surface area contributed by atoms with Crippen molar-refractivity contribution in [1.82, 2.24) is 4.90 Å². The van der Waals surface area contributed by atoms with Crippen LogP contribution in [0.4, 0.5) is 0 Å². The average molecular weight is 331 g/mol. The van der Waals surface area contributed by atoms with Crippen molar-refractivity contribution in [1.29, 1.82) is 0 Å². The van der Waals surface area contributed by atoms with Crippen molar-refractivity contribution in [3.8, 4) is 5.75 Å². The van der Waals surface area contributed by atoms with Gasteiger partial charge < -0.3 is 14.7 Å². The van der Waals surface area contributed by atoms with Gasteiger partial charge in [0.2, 0.25) is 0 Å². The van der Waals surface area contributed by atoms with Gasteiger partial charge in [0.1, 0.15) is 5.75 Å². The summed E-state index contributed by atoms with van der Waals surface area (Å²) in [5.41, 5.74) is 1.42. The van der Waals surface area contributed by atoms with Gasteiger partial charge in [-0.2, -0.15) is 0 Å². The van der Waals surface area contributed by atoms with E-state index >= 15 is 0 Å². The molecule has 2 fully saturated rings. The monoisotopic (exact) mass is 331 g/mol. The molecule has 2 atom stereocenters. The van der Waals surface area contributed by atoms with Crippen molar-refractivity contribution in [3.05, 3.63) is 29.8 Å². The molecule has 3 rings (SSSR count). The average Bonchev–Trinajstić information content (AvgIpc) is 2.59. The minimum atomic E-state index is 0.152. The third-order valence-corrected chi connectivity index (χ3v) is 6.39. The minimum Gasteiger partial charge on any atom is -0.508 e. The van der Waals surface area contributed by atoms with E-state index in [1.54, 1.807) is 6.07 Å². The summed E-state index contributed by atoms with van der Waals surface area (Å²) < 4.78 is 6.10. The summed E-state index contributed by atoms with van der Waals surface area (Å²) in [4.78, 5) is 2.55. The van der Waals surface area contributed by atoms with Gasteiger partial charge in [-0.25, -0.2) is 0 Å². The second-order valence-corrected chi connectivity index (χ2v) is 8.05. The fraction of sp³-hybridized carbons (Fsp3) is 0.714. The SMILES string of the molecule is C[C@@H]1CN(CCOC2CCCCC2)CC[C@]1(C)c1cccc(O)c1. The molecular weight excluding hydrogens is 298 g/mol. The van der Waals surface area contributed by atoms with Gasteiger partial charge in [0, 0.05) is 13.1 Å². The maximum Gasteiger partial charge on any atom is 0.115 e. The van der Waals surface area contributed by atoms with Crippen LogP contribution in [0.3, 0.4) is 0 Å². The molecule has 0 radical (unpaired) electrons. The molecule has 24 heavy (non-hydrogen) atoms. The first-order valence-corrected chi connectivity index (χ1v) is 9.71. The maximum atomic E-state index is 9.81. The van der Waals surface area contributed by atoms with Crippen molar-refractivity contribution in [3.63, 3.8) is 0 Å². The van der Waals surface area contributed by atoms with Crippen molar-refractivity contribution >= 4 is 0 Å². The standard InChI is InChI=1S/C21H33NO2/c1-17-16-22(13-14-24-20-9-4-3-5-10-20)12-11-21(17,2)18-7-6-8-19(23)15-18/h6-8,15,17,20,23H,3-5,9-14,16H2,1-2H3/t17-,21+/m1/s1. The molecule has 0 aromatic heterocycles. The molecule has 1 aromatic rings. The van der Waals surface area contributed by atoms with Gasteiger partial charge in [-0.3, -0.25) is 0 Å². The molecular formula is C21H33NO2. The number of likely N-dealkylation sites (tertiary alicyclic amines) is 1. The second-order valence-electron chi connectivity index (χ2n) is 8.05. The lowest BCUT2D eigenvalue weighted by Crippen LogP contribution is -2.48. The van der Waals surface area contributed by atoms with Gasteiger partial charge >= 0.3 is 0 Å². The third-order valence-electron chi connectivity index (χ3n) is 6.39. The Bertz CT molecular complexity index is 526. The Labute approximate surface area is 147 Å². The van der Waals surface area contributed by atoms with Crippen LogP contribution in [0.5, 0.6) is 5.75 Å². The van der Waals surface area contributed by atoms with Gasteiger partial charge in [-0.05, 0) is 54.8 Å². The van der Waals surface area contributed by atoms with E-state index in [9.17, 15) is 5.11 Å². The molecule has 1 aliphatic carbocycles. The minimum absolute atomic E-state index is 0.152. The highest BCUT2D eigenvalue weighted by atomic mass is 16.5. The number of nitrogens with zero attached hydrogens (tertiary/aromatic N) is 1. The second kappa shape index (κ2) is 7.88. The van der Waals surface area contributed by atoms with E-state index in [0.29, 0.717) is 17.8 Å². The van der Waals surface area contributed by atoms with Crippen molar-refractivity contribution in [2.45, 2.75) is 63.9 Å². The number of phenols is 1. The number of hydrogen-bond acceptors (Lipinski definition) is 3. The first kappa shape index (κ1) is 17.8. The Hall–Kier alpha value is -1.06. The quantitative estimate of drug-likeness (QED) is 0.871. The van der Waals surface area contributed by atoms with Crippen molar-refractivity contribution in [2.24, 2.45) is 5.92 Å². The van der Waals surface area contributed by atoms with Crippen LogP contribution >= 0.6 is 0 Å². The predicted molar refractivity (Wildman–Crippen MR) is 98.5 cm³/mol. The highest BCUT2D eigenvalue weighted by Gasteiger charge is 2.37. The molecule has 1 aliphatic heterocycles. The van der Waals surface area contributed by atoms with Crippen LogP contribution in [0.25, 0.3) is 0 Å². The van der Waals surface area contributed by atoms with Crippen LogP contribution in [-0.2, 0) is 10.2 Å². The zero-order valence-corrected chi connectivity index (χ0v) is 15.3. The van der Waals surface area contributed by atoms with Crippen molar-refractivity contribution in [2.75, 3.05) is 26.2 Å². The fourth-order valence-corrected chi connectivity index (χ4v) is 4.39. The van der Waals surface area contributed by atoms with Crippen LogP contribution in [0, 0.1) is 5.92 Å². The van der Waals surface area contributed by atoms with Gasteiger partial charge in [0.25, 0.3) is 0 Å². The summed E-state index contributed by atoms with van der Waals surface area (Å²) in [6.07, 6.45) is 8.23. The number of benzene rings is 1. The maximum absolute atomic E-state index is 9.81. The number of phenolic OH excluding ortho intramolecular Hbond substituents is 1. The molecule has 0 amide bonds. The summed E-state index contributed by atoms with van der Waals surface area (Å²) >= 11 is 0. The fourth-order valence-electron chi connectivity index (χ4n) is 4.39. The number of aromatic hydroxyl groups is 1. The molecule has 1 aromatic carbocycles. The zero-order valence-electron chi connectivity index (χ0n) is 15.3. The van der Waals surface area contributed by atoms with E-state index in [-0.39, 0.29) is 5.41 Å². The van der Waals surface area contributed by atoms with E-state index < -0.39 is 0 Å². The highest BCUT2D eigenvalue weighted by Crippen LogP contribution is 2.40. The van der Waals surface area contributed by atoms with Gasteiger partial charge in [0.05, 0.1) is 12.7 Å². The van der Waals surface area contributed by atoms with Crippen LogP contribution in [-0.4, -0.2) is 42.4 Å². The Kier molecular flexibility index (Phi) is 5.83. The molecule has 0 bridgehead atoms. The number of rotatable bonds is 5. The third kappa shape index (κ3) is 4.12. The van der Waals surface area contributed by atoms with E-state index in [2.05, 4.69) is 24.8 Å². The predicted octanol–water partition coefficient (Wildman–Crippen LogP) is 4.34. The Morgan fingerprint density at radius 1 is 1.25 bits per heavy atom. The van der Waals surface area contributed by atoms with Crippen molar-refractivity contribution < 1.29 is 9.84 Å². The summed E-state index contributed by atoms with van der Waals surface area (Å²) in [6, 6.07) is 7.83. The molecule has 1 saturated heterocycles. The van der Waals surface area contributed by atoms with E-state index in [1.807, 2.05) is 12.1 Å². The number of piperidine rings is 1. The van der Waals surface area contributed by atoms with E-state index in [0.717, 1.165) is 32.7 Å². The van der Waals surface area contributed by atoms with Gasteiger partial charge in [-0.15, -0.1) is 0 Å². The lowest BCUT2D eigenvalue weighted by atomic mass is 9.68. The highest BCUT2D eigenvalue weighted by molar-refractivity contribution is 5.33. The molecule has 3 nitrogen and oxygen atoms in total. The van der Waals surface area contributed by atoms with Crippen LogP contribution < -0.4 is 0 Å². The Morgan fingerprint density at radius 2 is 2.04 bits per heavy atom. The topological polar surface area (TPSA) is 32.7 Å². The van der Waals surface area contributed by atoms with E-state index in [4.69, 9.17) is 4.74 Å². The number of hydrogen-bond donors (Lipinski definition) is 1. The zero-order chi connectivity index (χ0) is 17.0. The van der Waals surface area contributed by atoms with Crippen LogP contribution in [0.1, 0.15) is 57.9 Å². The molecule has 1 saturated carbocycles. The summed E-state index contributed by atoms with van der Waals surface area (Å²) in [6.45, 7) is 8.85. The Balaban J connectivity index is 1.49. The first-order chi connectivity index (χ1) is 11.6. The molecule has 1 N–H and O–H groups in total. The van der Waals surface area contributed by atoms with E-state index in [1.165, 1.54) is 37.7 Å². The Morgan fingerprint density at radius 3 is 2.75 bits per heavy atom. The molecule has 1 heterocycles. The van der Waals surface area contributed by atoms with Crippen LogP contribution in [0.15, 0.2) is 24.3 Å². The normalized spacial score (nSPS) is 29.7. The largest absolute Gasteiger partial charge is 0.508 e. The molecule has 3 heteroatoms. The van der Waals surface area contributed by atoms with Crippen LogP contribution in [0.2, 0.25) is 0 Å². The summed E-state index contributed by atoms with van der Waals surface area (Å²) in [5.74, 6) is 0.951. The molecule has 134 valence electrons. The summed E-state index contributed by atoms with van der Waals surface area (Å²) in [7, 11) is 0.